The summed E-state index contributed by atoms with van der Waals surface area (Å²) in [5, 5.41) is 17.9. The van der Waals surface area contributed by atoms with E-state index < -0.39 is 18.0 Å². The molecule has 2 amide bonds. The van der Waals surface area contributed by atoms with Gasteiger partial charge in [0, 0.05) is 11.3 Å². The second-order valence-electron chi connectivity index (χ2n) is 3.28. The molecule has 0 unspecified atom stereocenters. The van der Waals surface area contributed by atoms with E-state index in [-0.39, 0.29) is 19.1 Å². The number of carbonyl (C=O) groups is 1. The second kappa shape index (κ2) is 3.02. The van der Waals surface area contributed by atoms with E-state index in [4.69, 9.17) is 10.3 Å². The maximum absolute atomic E-state index is 10.8. The summed E-state index contributed by atoms with van der Waals surface area (Å²) < 4.78 is 5.25. The number of amides is 2. The zero-order valence-corrected chi connectivity index (χ0v) is 7.17. The first kappa shape index (κ1) is 9.07. The molecule has 2 aliphatic rings. The number of rotatable bonds is 2. The average molecular weight is 199 g/mol. The fraction of sp³-hybridized carbons (Fsp3) is 0.833. The molecule has 76 valence electrons. The van der Waals surface area contributed by atoms with Crippen molar-refractivity contribution in [3.8, 4) is 0 Å². The maximum atomic E-state index is 10.8. The van der Waals surface area contributed by atoms with Crippen LogP contribution in [0.2, 0.25) is 0 Å². The van der Waals surface area contributed by atoms with Crippen LogP contribution in [0.5, 0.6) is 0 Å². The van der Waals surface area contributed by atoms with Gasteiger partial charge in [-0.15, -0.1) is 0 Å². The van der Waals surface area contributed by atoms with Crippen LogP contribution in [0.15, 0.2) is 5.11 Å². The van der Waals surface area contributed by atoms with Gasteiger partial charge in [-0.1, -0.05) is 5.11 Å². The summed E-state index contributed by atoms with van der Waals surface area (Å²) in [7, 11) is 0. The van der Waals surface area contributed by atoms with E-state index >= 15 is 0 Å². The highest BCUT2D eigenvalue weighted by Gasteiger charge is 2.53. The molecule has 8 heteroatoms. The van der Waals surface area contributed by atoms with Crippen molar-refractivity contribution < 1.29 is 14.6 Å². The predicted octanol–water partition coefficient (Wildman–Crippen LogP) is -0.587. The van der Waals surface area contributed by atoms with Crippen LogP contribution < -0.4 is 10.6 Å². The molecule has 0 aliphatic carbocycles. The first-order valence-corrected chi connectivity index (χ1v) is 4.11. The molecule has 8 nitrogen and oxygen atoms in total. The molecule has 0 aromatic rings. The van der Waals surface area contributed by atoms with Crippen molar-refractivity contribution in [3.05, 3.63) is 10.4 Å². The van der Waals surface area contributed by atoms with Crippen molar-refractivity contribution in [1.29, 1.82) is 0 Å². The Morgan fingerprint density at radius 1 is 1.86 bits per heavy atom. The maximum Gasteiger partial charge on any atom is 0.319 e. The zero-order valence-electron chi connectivity index (χ0n) is 7.17. The number of hydrogen-bond acceptors (Lipinski definition) is 4. The van der Waals surface area contributed by atoms with E-state index in [0.717, 1.165) is 0 Å². The number of nitrogens with zero attached hydrogens (tertiary/aromatic N) is 3. The Balaban J connectivity index is 2.01. The van der Waals surface area contributed by atoms with Crippen LogP contribution >= 0.6 is 0 Å². The minimum absolute atomic E-state index is 0.146. The monoisotopic (exact) mass is 199 g/mol. The number of aliphatic hydroxyl groups is 1. The number of azide groups is 1. The van der Waals surface area contributed by atoms with Crippen molar-refractivity contribution >= 4 is 6.03 Å². The van der Waals surface area contributed by atoms with Gasteiger partial charge in [0.15, 0.2) is 12.0 Å². The summed E-state index contributed by atoms with van der Waals surface area (Å²) >= 11 is 0. The Kier molecular flexibility index (Phi) is 1.95. The van der Waals surface area contributed by atoms with Gasteiger partial charge in [0.2, 0.25) is 0 Å². The second-order valence-corrected chi connectivity index (χ2v) is 3.28. The smallest absolute Gasteiger partial charge is 0.319 e. The Bertz CT molecular complexity index is 315. The molecule has 2 saturated heterocycles. The lowest BCUT2D eigenvalue weighted by Crippen LogP contribution is -2.45. The summed E-state index contributed by atoms with van der Waals surface area (Å²) in [5.74, 6) is 0. The summed E-state index contributed by atoms with van der Waals surface area (Å²) in [6.07, 6.45) is -0.905. The fourth-order valence-corrected chi connectivity index (χ4v) is 1.66. The van der Waals surface area contributed by atoms with Crippen molar-refractivity contribution in [2.75, 3.05) is 6.54 Å². The minimum atomic E-state index is -1.37. The molecular weight excluding hydrogens is 190 g/mol. The van der Waals surface area contributed by atoms with E-state index in [9.17, 15) is 9.90 Å². The van der Waals surface area contributed by atoms with E-state index in [1.54, 1.807) is 0 Å². The van der Waals surface area contributed by atoms with Gasteiger partial charge in [-0.05, 0) is 5.53 Å². The van der Waals surface area contributed by atoms with Crippen LogP contribution in [-0.4, -0.2) is 35.7 Å². The molecule has 2 rings (SSSR count). The van der Waals surface area contributed by atoms with Gasteiger partial charge in [-0.3, -0.25) is 0 Å². The number of ether oxygens (including phenoxy) is 1. The van der Waals surface area contributed by atoms with E-state index in [0.29, 0.717) is 0 Å². The van der Waals surface area contributed by atoms with Crippen molar-refractivity contribution in [2.24, 2.45) is 5.11 Å². The quantitative estimate of drug-likeness (QED) is 0.313. The van der Waals surface area contributed by atoms with Crippen LogP contribution in [-0.2, 0) is 4.74 Å². The third kappa shape index (κ3) is 1.35. The Hall–Kier alpha value is -1.50. The molecule has 0 radical (unpaired) electrons. The van der Waals surface area contributed by atoms with Gasteiger partial charge >= 0.3 is 6.03 Å². The van der Waals surface area contributed by atoms with Gasteiger partial charge in [0.05, 0.1) is 12.6 Å². The molecular formula is C6H9N5O3. The zero-order chi connectivity index (χ0) is 10.2. The van der Waals surface area contributed by atoms with E-state index in [1.807, 2.05) is 0 Å². The van der Waals surface area contributed by atoms with Gasteiger partial charge in [-0.2, -0.15) is 0 Å². The lowest BCUT2D eigenvalue weighted by atomic mass is 10.1. The molecule has 14 heavy (non-hydrogen) atoms. The van der Waals surface area contributed by atoms with Gasteiger partial charge < -0.3 is 20.5 Å². The molecule has 2 fully saturated rings. The van der Waals surface area contributed by atoms with Crippen LogP contribution in [0.4, 0.5) is 4.79 Å². The third-order valence-corrected chi connectivity index (χ3v) is 2.24. The van der Waals surface area contributed by atoms with Gasteiger partial charge in [0.1, 0.15) is 0 Å². The molecule has 2 heterocycles. The SMILES string of the molecule is [N-]=[N+]=NC[C@H]1C[C@]2(O)NC(=O)N[C@@H]2O1. The van der Waals surface area contributed by atoms with Crippen LogP contribution in [0.1, 0.15) is 6.42 Å². The van der Waals surface area contributed by atoms with Gasteiger partial charge in [-0.25, -0.2) is 4.79 Å². The highest BCUT2D eigenvalue weighted by molar-refractivity contribution is 5.77. The van der Waals surface area contributed by atoms with Gasteiger partial charge in [0.25, 0.3) is 0 Å². The summed E-state index contributed by atoms with van der Waals surface area (Å²) in [6, 6.07) is -0.459. The number of hydrogen-bond donors (Lipinski definition) is 3. The summed E-state index contributed by atoms with van der Waals surface area (Å²) in [6.45, 7) is 0.146. The first-order valence-electron chi connectivity index (χ1n) is 4.11. The van der Waals surface area contributed by atoms with Crippen molar-refractivity contribution in [1.82, 2.24) is 10.6 Å². The molecule has 0 saturated carbocycles. The first-order chi connectivity index (χ1) is 6.64. The number of fused-ring (bicyclic) bond motifs is 1. The van der Waals surface area contributed by atoms with E-state index in [2.05, 4.69) is 20.7 Å². The highest BCUT2D eigenvalue weighted by atomic mass is 16.5. The van der Waals surface area contributed by atoms with Crippen molar-refractivity contribution in [2.45, 2.75) is 24.5 Å². The topological polar surface area (TPSA) is 119 Å². The number of urea groups is 1. The number of nitrogens with one attached hydrogen (secondary N) is 2. The van der Waals surface area contributed by atoms with Crippen LogP contribution in [0.3, 0.4) is 0 Å². The Labute approximate surface area is 78.9 Å². The lowest BCUT2D eigenvalue weighted by Gasteiger charge is -2.17. The number of carbonyl (C=O) groups excluding carboxylic acids is 1. The normalized spacial score (nSPS) is 39.6. The fourth-order valence-electron chi connectivity index (χ4n) is 1.66. The average Bonchev–Trinajstić information content (AvgIpc) is 2.51. The predicted molar refractivity (Wildman–Crippen MR) is 43.9 cm³/mol. The lowest BCUT2D eigenvalue weighted by molar-refractivity contribution is -0.0452. The Morgan fingerprint density at radius 2 is 2.64 bits per heavy atom. The summed E-state index contributed by atoms with van der Waals surface area (Å²) in [5.41, 5.74) is 6.72. The third-order valence-electron chi connectivity index (χ3n) is 2.24. The summed E-state index contributed by atoms with van der Waals surface area (Å²) in [4.78, 5) is 13.4. The Morgan fingerprint density at radius 3 is 3.29 bits per heavy atom. The van der Waals surface area contributed by atoms with Crippen LogP contribution in [0.25, 0.3) is 10.4 Å². The molecule has 0 aromatic heterocycles. The molecule has 0 bridgehead atoms. The minimum Gasteiger partial charge on any atom is -0.367 e. The molecule has 3 atom stereocenters. The molecule has 2 aliphatic heterocycles. The van der Waals surface area contributed by atoms with Crippen LogP contribution in [0, 0.1) is 0 Å². The highest BCUT2D eigenvalue weighted by Crippen LogP contribution is 2.30. The molecule has 0 aromatic carbocycles. The standard InChI is InChI=1S/C6H9N5O3/c7-11-8-2-3-1-6(13)4(14-3)9-5(12)10-6/h3-4,13H,1-2H2,(H2,9,10,12)/t3-,4-,6-/m1/s1. The largest absolute Gasteiger partial charge is 0.367 e. The molecule has 3 N–H and O–H groups in total. The van der Waals surface area contributed by atoms with E-state index in [1.165, 1.54) is 0 Å². The molecule has 0 spiro atoms. The van der Waals surface area contributed by atoms with Crippen molar-refractivity contribution in [3.63, 3.8) is 0 Å².